The molecule has 1 N–H and O–H groups in total. The second-order valence-corrected chi connectivity index (χ2v) is 5.34. The van der Waals surface area contributed by atoms with E-state index in [0.717, 1.165) is 4.47 Å². The molecule has 0 aliphatic carbocycles. The fourth-order valence-corrected chi connectivity index (χ4v) is 2.17. The van der Waals surface area contributed by atoms with Crippen molar-refractivity contribution >= 4 is 21.9 Å². The van der Waals surface area contributed by atoms with Gasteiger partial charge in [-0.1, -0.05) is 22.9 Å². The summed E-state index contributed by atoms with van der Waals surface area (Å²) in [6.07, 6.45) is 1.45. The average molecular weight is 339 g/mol. The first kappa shape index (κ1) is 14.6. The Hall–Kier alpha value is -1.82. The van der Waals surface area contributed by atoms with Crippen molar-refractivity contribution in [2.75, 3.05) is 0 Å². The largest absolute Gasteiger partial charge is 0.481 e. The van der Waals surface area contributed by atoms with E-state index in [1.807, 2.05) is 0 Å². The van der Waals surface area contributed by atoms with Gasteiger partial charge in [0.1, 0.15) is 11.6 Å². The number of carboxylic acids is 1. The average Bonchev–Trinajstić information content (AvgIpc) is 2.41. The summed E-state index contributed by atoms with van der Waals surface area (Å²) < 4.78 is 14.6. The van der Waals surface area contributed by atoms with Crippen molar-refractivity contribution in [3.8, 4) is 11.3 Å². The van der Waals surface area contributed by atoms with Gasteiger partial charge in [0, 0.05) is 22.2 Å². The molecule has 0 fully saturated rings. The minimum atomic E-state index is -0.917. The molecule has 1 unspecified atom stereocenters. The summed E-state index contributed by atoms with van der Waals surface area (Å²) in [5, 5.41) is 8.79. The molecule has 0 saturated carbocycles. The molecule has 4 nitrogen and oxygen atoms in total. The van der Waals surface area contributed by atoms with Crippen LogP contribution < -0.4 is 0 Å². The van der Waals surface area contributed by atoms with E-state index in [9.17, 15) is 9.18 Å². The van der Waals surface area contributed by atoms with Crippen molar-refractivity contribution in [1.29, 1.82) is 0 Å². The van der Waals surface area contributed by atoms with Crippen LogP contribution in [0.4, 0.5) is 4.39 Å². The van der Waals surface area contributed by atoms with E-state index in [2.05, 4.69) is 25.9 Å². The standard InChI is InChI=1S/C14H12BrFN2O2/c1-8(6-13(19)20)14-17-5-4-12(18-14)10-7-9(15)2-3-11(10)16/h2-5,7-8H,6H2,1H3,(H,19,20). The van der Waals surface area contributed by atoms with Crippen LogP contribution in [0.25, 0.3) is 11.3 Å². The van der Waals surface area contributed by atoms with Crippen LogP contribution in [0.15, 0.2) is 34.9 Å². The van der Waals surface area contributed by atoms with Crippen molar-refractivity contribution in [3.63, 3.8) is 0 Å². The normalized spacial score (nSPS) is 12.2. The number of rotatable bonds is 4. The Morgan fingerprint density at radius 2 is 2.20 bits per heavy atom. The van der Waals surface area contributed by atoms with Crippen molar-refractivity contribution in [2.45, 2.75) is 19.3 Å². The molecule has 1 aromatic carbocycles. The molecule has 104 valence electrons. The number of benzene rings is 1. The molecule has 0 radical (unpaired) electrons. The Bertz CT molecular complexity index is 649. The van der Waals surface area contributed by atoms with Gasteiger partial charge in [-0.2, -0.15) is 0 Å². The number of carboxylic acid groups (broad SMARTS) is 1. The lowest BCUT2D eigenvalue weighted by molar-refractivity contribution is -0.137. The zero-order valence-electron chi connectivity index (χ0n) is 10.7. The number of halogens is 2. The van der Waals surface area contributed by atoms with Gasteiger partial charge in [0.15, 0.2) is 0 Å². The van der Waals surface area contributed by atoms with Crippen molar-refractivity contribution in [3.05, 3.63) is 46.6 Å². The molecule has 2 rings (SSSR count). The third-order valence-electron chi connectivity index (χ3n) is 2.80. The number of hydrogen-bond donors (Lipinski definition) is 1. The first-order valence-electron chi connectivity index (χ1n) is 5.97. The van der Waals surface area contributed by atoms with Crippen LogP contribution in [0.5, 0.6) is 0 Å². The summed E-state index contributed by atoms with van der Waals surface area (Å²) in [5.41, 5.74) is 0.789. The van der Waals surface area contributed by atoms with Crippen LogP contribution in [-0.4, -0.2) is 21.0 Å². The molecule has 1 heterocycles. The topological polar surface area (TPSA) is 63.1 Å². The van der Waals surface area contributed by atoms with E-state index >= 15 is 0 Å². The van der Waals surface area contributed by atoms with E-state index < -0.39 is 5.97 Å². The molecule has 1 atom stereocenters. The Labute approximate surface area is 123 Å². The maximum absolute atomic E-state index is 13.8. The molecule has 0 saturated heterocycles. The predicted molar refractivity (Wildman–Crippen MR) is 75.8 cm³/mol. The summed E-state index contributed by atoms with van der Waals surface area (Å²) >= 11 is 3.29. The summed E-state index contributed by atoms with van der Waals surface area (Å²) in [5.74, 6) is -1.24. The highest BCUT2D eigenvalue weighted by Crippen LogP contribution is 2.26. The van der Waals surface area contributed by atoms with Crippen LogP contribution in [0.3, 0.4) is 0 Å². The van der Waals surface area contributed by atoms with Crippen molar-refractivity contribution in [1.82, 2.24) is 9.97 Å². The second kappa shape index (κ2) is 6.09. The van der Waals surface area contributed by atoms with E-state index in [0.29, 0.717) is 17.1 Å². The molecule has 0 amide bonds. The number of aromatic nitrogens is 2. The molecule has 0 spiro atoms. The summed E-state index contributed by atoms with van der Waals surface area (Å²) in [6, 6.07) is 6.18. The van der Waals surface area contributed by atoms with Gasteiger partial charge in [-0.3, -0.25) is 4.79 Å². The van der Waals surface area contributed by atoms with E-state index in [1.54, 1.807) is 25.1 Å². The minimum Gasteiger partial charge on any atom is -0.481 e. The first-order valence-corrected chi connectivity index (χ1v) is 6.77. The lowest BCUT2D eigenvalue weighted by atomic mass is 10.1. The minimum absolute atomic E-state index is 0.0651. The summed E-state index contributed by atoms with van der Waals surface area (Å²) in [7, 11) is 0. The van der Waals surface area contributed by atoms with Gasteiger partial charge >= 0.3 is 5.97 Å². The van der Waals surface area contributed by atoms with Gasteiger partial charge in [-0.15, -0.1) is 0 Å². The highest BCUT2D eigenvalue weighted by atomic mass is 79.9. The SMILES string of the molecule is CC(CC(=O)O)c1nccc(-c2cc(Br)ccc2F)n1. The van der Waals surface area contributed by atoms with Gasteiger partial charge in [0.05, 0.1) is 12.1 Å². The van der Waals surface area contributed by atoms with Gasteiger partial charge in [0.2, 0.25) is 0 Å². The van der Waals surface area contributed by atoms with Crippen LogP contribution >= 0.6 is 15.9 Å². The van der Waals surface area contributed by atoms with Crippen LogP contribution in [0.1, 0.15) is 25.1 Å². The second-order valence-electron chi connectivity index (χ2n) is 4.42. The zero-order valence-corrected chi connectivity index (χ0v) is 12.3. The monoisotopic (exact) mass is 338 g/mol. The molecular weight excluding hydrogens is 327 g/mol. The fourth-order valence-electron chi connectivity index (χ4n) is 1.81. The van der Waals surface area contributed by atoms with Gasteiger partial charge in [-0.25, -0.2) is 14.4 Å². The Balaban J connectivity index is 2.39. The lowest BCUT2D eigenvalue weighted by Gasteiger charge is -2.09. The highest BCUT2D eigenvalue weighted by Gasteiger charge is 2.15. The van der Waals surface area contributed by atoms with Crippen molar-refractivity contribution in [2.24, 2.45) is 0 Å². The van der Waals surface area contributed by atoms with E-state index in [4.69, 9.17) is 5.11 Å². The van der Waals surface area contributed by atoms with Crippen LogP contribution in [0.2, 0.25) is 0 Å². The third-order valence-corrected chi connectivity index (χ3v) is 3.29. The molecule has 20 heavy (non-hydrogen) atoms. The van der Waals surface area contributed by atoms with Crippen LogP contribution in [-0.2, 0) is 4.79 Å². The summed E-state index contributed by atoms with van der Waals surface area (Å²) in [6.45, 7) is 1.73. The maximum atomic E-state index is 13.8. The molecule has 6 heteroatoms. The molecule has 0 aliphatic heterocycles. The Morgan fingerprint density at radius 3 is 2.90 bits per heavy atom. The first-order chi connectivity index (χ1) is 9.47. The molecule has 2 aromatic rings. The molecule has 0 aliphatic rings. The van der Waals surface area contributed by atoms with E-state index in [1.165, 1.54) is 12.3 Å². The van der Waals surface area contributed by atoms with E-state index in [-0.39, 0.29) is 18.2 Å². The molecule has 0 bridgehead atoms. The van der Waals surface area contributed by atoms with Gasteiger partial charge in [-0.05, 0) is 24.3 Å². The number of carbonyl (C=O) groups is 1. The number of nitrogens with zero attached hydrogens (tertiary/aromatic N) is 2. The van der Waals surface area contributed by atoms with Gasteiger partial charge in [0.25, 0.3) is 0 Å². The van der Waals surface area contributed by atoms with Crippen LogP contribution in [0, 0.1) is 5.82 Å². The quantitative estimate of drug-likeness (QED) is 0.924. The Morgan fingerprint density at radius 1 is 1.45 bits per heavy atom. The molecular formula is C14H12BrFN2O2. The predicted octanol–water partition coefficient (Wildman–Crippen LogP) is 3.62. The maximum Gasteiger partial charge on any atom is 0.304 e. The number of aliphatic carboxylic acids is 1. The number of hydrogen-bond acceptors (Lipinski definition) is 3. The summed E-state index contributed by atoms with van der Waals surface area (Å²) in [4.78, 5) is 19.0. The Kier molecular flexibility index (Phi) is 4.44. The van der Waals surface area contributed by atoms with Crippen molar-refractivity contribution < 1.29 is 14.3 Å². The fraction of sp³-hybridized carbons (Fsp3) is 0.214. The van der Waals surface area contributed by atoms with Gasteiger partial charge < -0.3 is 5.11 Å². The third kappa shape index (κ3) is 3.39. The zero-order chi connectivity index (χ0) is 14.7. The molecule has 1 aromatic heterocycles. The lowest BCUT2D eigenvalue weighted by Crippen LogP contribution is -2.07. The highest BCUT2D eigenvalue weighted by molar-refractivity contribution is 9.10. The smallest absolute Gasteiger partial charge is 0.304 e.